The summed E-state index contributed by atoms with van der Waals surface area (Å²) in [4.78, 5) is 14.5. The van der Waals surface area contributed by atoms with E-state index in [1.165, 1.54) is 32.1 Å². The van der Waals surface area contributed by atoms with Gasteiger partial charge in [0.25, 0.3) is 0 Å². The van der Waals surface area contributed by atoms with Gasteiger partial charge in [-0.25, -0.2) is 0 Å². The molecule has 1 aliphatic carbocycles. The summed E-state index contributed by atoms with van der Waals surface area (Å²) in [6, 6.07) is 0.458. The first-order chi connectivity index (χ1) is 8.20. The van der Waals surface area contributed by atoms with Crippen molar-refractivity contribution in [3.8, 4) is 0 Å². The molecular formula is C14H28N2O. The van der Waals surface area contributed by atoms with Crippen molar-refractivity contribution >= 4 is 5.91 Å². The Balaban J connectivity index is 2.59. The van der Waals surface area contributed by atoms with Crippen molar-refractivity contribution in [2.75, 3.05) is 13.1 Å². The van der Waals surface area contributed by atoms with Gasteiger partial charge in [0.2, 0.25) is 5.91 Å². The second-order valence-corrected chi connectivity index (χ2v) is 5.30. The molecule has 100 valence electrons. The van der Waals surface area contributed by atoms with E-state index in [0.29, 0.717) is 18.5 Å². The third kappa shape index (κ3) is 4.30. The zero-order valence-electron chi connectivity index (χ0n) is 11.5. The molecule has 0 bridgehead atoms. The first-order valence-electron chi connectivity index (χ1n) is 7.21. The molecule has 2 N–H and O–H groups in total. The van der Waals surface area contributed by atoms with E-state index in [4.69, 9.17) is 5.73 Å². The third-order valence-electron chi connectivity index (χ3n) is 3.81. The van der Waals surface area contributed by atoms with E-state index < -0.39 is 0 Å². The largest absolute Gasteiger partial charge is 0.338 e. The highest BCUT2D eigenvalue weighted by atomic mass is 16.2. The average molecular weight is 240 g/mol. The second kappa shape index (κ2) is 7.70. The summed E-state index contributed by atoms with van der Waals surface area (Å²) in [7, 11) is 0. The Bertz CT molecular complexity index is 224. The molecule has 0 heterocycles. The molecule has 1 fully saturated rings. The van der Waals surface area contributed by atoms with Crippen LogP contribution in [0.3, 0.4) is 0 Å². The van der Waals surface area contributed by atoms with Crippen LogP contribution < -0.4 is 5.73 Å². The molecule has 1 unspecified atom stereocenters. The number of amides is 1. The minimum atomic E-state index is 0.161. The van der Waals surface area contributed by atoms with Crippen LogP contribution in [0.15, 0.2) is 0 Å². The molecule has 0 aliphatic heterocycles. The number of hydrogen-bond donors (Lipinski definition) is 1. The van der Waals surface area contributed by atoms with Crippen molar-refractivity contribution in [3.63, 3.8) is 0 Å². The molecule has 1 atom stereocenters. The Morgan fingerprint density at radius 3 is 2.53 bits per heavy atom. The van der Waals surface area contributed by atoms with Gasteiger partial charge in [0.1, 0.15) is 0 Å². The summed E-state index contributed by atoms with van der Waals surface area (Å²) in [6.07, 6.45) is 8.27. The molecular weight excluding hydrogens is 212 g/mol. The normalized spacial score (nSPS) is 19.0. The van der Waals surface area contributed by atoms with Crippen molar-refractivity contribution in [2.24, 2.45) is 11.7 Å². The molecule has 1 rings (SSSR count). The van der Waals surface area contributed by atoms with E-state index >= 15 is 0 Å². The van der Waals surface area contributed by atoms with Crippen LogP contribution in [0.4, 0.5) is 0 Å². The zero-order chi connectivity index (χ0) is 12.7. The predicted octanol–water partition coefficient (Wildman–Crippen LogP) is 2.54. The number of nitrogens with zero attached hydrogens (tertiary/aromatic N) is 1. The van der Waals surface area contributed by atoms with Crippen LogP contribution in [0.2, 0.25) is 0 Å². The van der Waals surface area contributed by atoms with Gasteiger partial charge in [0, 0.05) is 25.0 Å². The summed E-state index contributed by atoms with van der Waals surface area (Å²) in [5.41, 5.74) is 5.65. The van der Waals surface area contributed by atoms with Crippen molar-refractivity contribution in [3.05, 3.63) is 0 Å². The number of nitrogens with two attached hydrogens (primary N) is 1. The monoisotopic (exact) mass is 240 g/mol. The van der Waals surface area contributed by atoms with Gasteiger partial charge in [0.05, 0.1) is 0 Å². The Labute approximate surface area is 106 Å². The topological polar surface area (TPSA) is 46.3 Å². The minimum absolute atomic E-state index is 0.161. The van der Waals surface area contributed by atoms with Gasteiger partial charge >= 0.3 is 0 Å². The van der Waals surface area contributed by atoms with Crippen molar-refractivity contribution in [2.45, 2.75) is 64.8 Å². The highest BCUT2D eigenvalue weighted by Gasteiger charge is 2.27. The van der Waals surface area contributed by atoms with Crippen LogP contribution in [0.1, 0.15) is 58.8 Å². The molecule has 0 aromatic carbocycles. The molecule has 3 heteroatoms. The fourth-order valence-electron chi connectivity index (χ4n) is 2.84. The summed E-state index contributed by atoms with van der Waals surface area (Å²) < 4.78 is 0. The van der Waals surface area contributed by atoms with Crippen molar-refractivity contribution in [1.29, 1.82) is 0 Å². The summed E-state index contributed by atoms with van der Waals surface area (Å²) in [5, 5.41) is 0. The SMILES string of the molecule is CCCC(C)C(=O)N(CCN)C1CCCCC1. The number of carbonyl (C=O) groups is 1. The first kappa shape index (κ1) is 14.5. The minimum Gasteiger partial charge on any atom is -0.338 e. The maximum atomic E-state index is 12.4. The Morgan fingerprint density at radius 2 is 2.00 bits per heavy atom. The first-order valence-corrected chi connectivity index (χ1v) is 7.21. The molecule has 1 amide bonds. The smallest absolute Gasteiger partial charge is 0.225 e. The van der Waals surface area contributed by atoms with Crippen LogP contribution in [-0.2, 0) is 4.79 Å². The van der Waals surface area contributed by atoms with Gasteiger partial charge < -0.3 is 10.6 Å². The summed E-state index contributed by atoms with van der Waals surface area (Å²) >= 11 is 0. The lowest BCUT2D eigenvalue weighted by atomic mass is 9.92. The zero-order valence-corrected chi connectivity index (χ0v) is 11.5. The van der Waals surface area contributed by atoms with Gasteiger partial charge in [-0.1, -0.05) is 39.5 Å². The maximum absolute atomic E-state index is 12.4. The van der Waals surface area contributed by atoms with E-state index in [2.05, 4.69) is 18.7 Å². The summed E-state index contributed by atoms with van der Waals surface area (Å²) in [6.45, 7) is 5.51. The predicted molar refractivity (Wildman–Crippen MR) is 71.7 cm³/mol. The lowest BCUT2D eigenvalue weighted by Crippen LogP contribution is -2.46. The lowest BCUT2D eigenvalue weighted by molar-refractivity contribution is -0.138. The molecule has 0 saturated heterocycles. The van der Waals surface area contributed by atoms with Crippen LogP contribution in [0.5, 0.6) is 0 Å². The number of carbonyl (C=O) groups excluding carboxylic acids is 1. The molecule has 1 saturated carbocycles. The third-order valence-corrected chi connectivity index (χ3v) is 3.81. The van der Waals surface area contributed by atoms with Crippen molar-refractivity contribution < 1.29 is 4.79 Å². The van der Waals surface area contributed by atoms with Gasteiger partial charge in [-0.2, -0.15) is 0 Å². The maximum Gasteiger partial charge on any atom is 0.225 e. The van der Waals surface area contributed by atoms with Crippen molar-refractivity contribution in [1.82, 2.24) is 4.90 Å². The molecule has 0 aromatic rings. The second-order valence-electron chi connectivity index (χ2n) is 5.30. The molecule has 3 nitrogen and oxygen atoms in total. The standard InChI is InChI=1S/C14H28N2O/c1-3-7-12(2)14(17)16(11-10-15)13-8-5-4-6-9-13/h12-13H,3-11,15H2,1-2H3. The van der Waals surface area contributed by atoms with E-state index in [9.17, 15) is 4.79 Å². The van der Waals surface area contributed by atoms with Gasteiger partial charge in [-0.3, -0.25) is 4.79 Å². The van der Waals surface area contributed by atoms with Crippen LogP contribution in [0.25, 0.3) is 0 Å². The van der Waals surface area contributed by atoms with Crippen LogP contribution in [0, 0.1) is 5.92 Å². The average Bonchev–Trinajstić information content (AvgIpc) is 2.36. The molecule has 0 spiro atoms. The van der Waals surface area contributed by atoms with E-state index in [1.54, 1.807) is 0 Å². The molecule has 0 aromatic heterocycles. The van der Waals surface area contributed by atoms with E-state index in [1.807, 2.05) is 0 Å². The Kier molecular flexibility index (Phi) is 6.56. The van der Waals surface area contributed by atoms with Gasteiger partial charge in [-0.05, 0) is 19.3 Å². The molecule has 17 heavy (non-hydrogen) atoms. The van der Waals surface area contributed by atoms with Crippen LogP contribution in [-0.4, -0.2) is 29.9 Å². The summed E-state index contributed by atoms with van der Waals surface area (Å²) in [5.74, 6) is 0.484. The quantitative estimate of drug-likeness (QED) is 0.775. The highest BCUT2D eigenvalue weighted by molar-refractivity contribution is 5.78. The van der Waals surface area contributed by atoms with Crippen LogP contribution >= 0.6 is 0 Å². The fraction of sp³-hybridized carbons (Fsp3) is 0.929. The number of hydrogen-bond acceptors (Lipinski definition) is 2. The van der Waals surface area contributed by atoms with E-state index in [0.717, 1.165) is 19.4 Å². The highest BCUT2D eigenvalue weighted by Crippen LogP contribution is 2.24. The fourth-order valence-corrected chi connectivity index (χ4v) is 2.84. The Hall–Kier alpha value is -0.570. The lowest BCUT2D eigenvalue weighted by Gasteiger charge is -2.35. The number of rotatable bonds is 6. The van der Waals surface area contributed by atoms with Gasteiger partial charge in [0.15, 0.2) is 0 Å². The molecule has 0 radical (unpaired) electrons. The van der Waals surface area contributed by atoms with Gasteiger partial charge in [-0.15, -0.1) is 0 Å². The Morgan fingerprint density at radius 1 is 1.35 bits per heavy atom. The molecule has 1 aliphatic rings. The van der Waals surface area contributed by atoms with E-state index in [-0.39, 0.29) is 5.92 Å².